The Morgan fingerprint density at radius 3 is 2.39 bits per heavy atom. The van der Waals surface area contributed by atoms with Crippen LogP contribution in [0, 0.1) is 34.9 Å². The summed E-state index contributed by atoms with van der Waals surface area (Å²) in [4.78, 5) is 54.4. The van der Waals surface area contributed by atoms with E-state index in [0.29, 0.717) is 16.8 Å². The van der Waals surface area contributed by atoms with Crippen LogP contribution < -0.4 is 4.90 Å². The van der Waals surface area contributed by atoms with Gasteiger partial charge in [0.2, 0.25) is 11.8 Å². The molecule has 8 nitrogen and oxygen atoms in total. The number of imide groups is 2. The monoisotopic (exact) mass is 490 g/mol. The lowest BCUT2D eigenvalue weighted by atomic mass is 9.51. The maximum Gasteiger partial charge on any atom is 0.257 e. The molecule has 2 N–H and O–H groups in total. The van der Waals surface area contributed by atoms with E-state index in [1.165, 1.54) is 12.1 Å². The van der Waals surface area contributed by atoms with Crippen molar-refractivity contribution in [1.29, 1.82) is 0 Å². The molecule has 0 bridgehead atoms. The second-order valence-corrected chi connectivity index (χ2v) is 10.2. The highest BCUT2D eigenvalue weighted by molar-refractivity contribution is 6.24. The van der Waals surface area contributed by atoms with E-state index < -0.39 is 70.2 Å². The maximum atomic E-state index is 14.6. The van der Waals surface area contributed by atoms with Crippen LogP contribution in [0.1, 0.15) is 31.2 Å². The van der Waals surface area contributed by atoms with Crippen molar-refractivity contribution < 1.29 is 33.9 Å². The minimum absolute atomic E-state index is 0.140. The highest BCUT2D eigenvalue weighted by Crippen LogP contribution is 2.63. The Kier molecular flexibility index (Phi) is 4.75. The summed E-state index contributed by atoms with van der Waals surface area (Å²) in [5.41, 5.74) is 0.187. The normalized spacial score (nSPS) is 33.4. The second-order valence-electron chi connectivity index (χ2n) is 10.2. The Morgan fingerprint density at radius 2 is 1.69 bits per heavy atom. The molecule has 2 heterocycles. The van der Waals surface area contributed by atoms with E-state index in [2.05, 4.69) is 0 Å². The number of para-hydroxylation sites is 1. The highest BCUT2D eigenvalue weighted by Gasteiger charge is 2.67. The quantitative estimate of drug-likeness (QED) is 0.380. The van der Waals surface area contributed by atoms with Gasteiger partial charge in [-0.2, -0.15) is 5.06 Å². The van der Waals surface area contributed by atoms with Gasteiger partial charge < -0.3 is 5.11 Å². The van der Waals surface area contributed by atoms with Gasteiger partial charge in [0, 0.05) is 5.92 Å². The van der Waals surface area contributed by atoms with Crippen LogP contribution in [0.15, 0.2) is 60.2 Å². The molecule has 1 saturated carbocycles. The molecule has 6 atom stereocenters. The molecule has 2 aliphatic heterocycles. The number of phenolic OH excluding ortho intramolecular Hbond substituents is 1. The van der Waals surface area contributed by atoms with Gasteiger partial charge in [-0.15, -0.1) is 0 Å². The fraction of sp³-hybridized carbons (Fsp3) is 0.333. The van der Waals surface area contributed by atoms with E-state index >= 15 is 0 Å². The summed E-state index contributed by atoms with van der Waals surface area (Å²) in [5, 5.41) is 20.0. The molecule has 2 saturated heterocycles. The summed E-state index contributed by atoms with van der Waals surface area (Å²) >= 11 is 0. The number of nitrogens with zero attached hydrogens (tertiary/aromatic N) is 2. The van der Waals surface area contributed by atoms with Crippen LogP contribution in [0.2, 0.25) is 0 Å². The van der Waals surface area contributed by atoms with Crippen molar-refractivity contribution in [1.82, 2.24) is 5.06 Å². The van der Waals surface area contributed by atoms with Crippen molar-refractivity contribution >= 4 is 29.3 Å². The van der Waals surface area contributed by atoms with Crippen molar-refractivity contribution in [3.05, 3.63) is 71.6 Å². The van der Waals surface area contributed by atoms with Gasteiger partial charge in [-0.25, -0.2) is 9.29 Å². The summed E-state index contributed by atoms with van der Waals surface area (Å²) in [6.07, 6.45) is 2.12. The van der Waals surface area contributed by atoms with Gasteiger partial charge in [-0.05, 0) is 55.5 Å². The molecule has 4 amide bonds. The molecular formula is C27H23FN2O6. The first kappa shape index (κ1) is 22.6. The van der Waals surface area contributed by atoms with Crippen LogP contribution in [0.3, 0.4) is 0 Å². The molecule has 2 aromatic carbocycles. The average Bonchev–Trinajstić information content (AvgIpc) is 3.21. The predicted octanol–water partition coefficient (Wildman–Crippen LogP) is 3.15. The number of amides is 4. The molecule has 0 radical (unpaired) electrons. The summed E-state index contributed by atoms with van der Waals surface area (Å²) < 4.78 is 14.6. The van der Waals surface area contributed by atoms with Gasteiger partial charge in [0.25, 0.3) is 11.8 Å². The molecular weight excluding hydrogens is 467 g/mol. The molecule has 184 valence electrons. The van der Waals surface area contributed by atoms with Gasteiger partial charge in [0.15, 0.2) is 11.6 Å². The minimum Gasteiger partial charge on any atom is -0.505 e. The predicted molar refractivity (Wildman–Crippen MR) is 123 cm³/mol. The van der Waals surface area contributed by atoms with Crippen molar-refractivity contribution in [3.8, 4) is 5.75 Å². The van der Waals surface area contributed by atoms with E-state index in [4.69, 9.17) is 0 Å². The number of fused-ring (bicyclic) bond motifs is 4. The summed E-state index contributed by atoms with van der Waals surface area (Å²) in [6.45, 7) is 1.69. The topological polar surface area (TPSA) is 115 Å². The van der Waals surface area contributed by atoms with Gasteiger partial charge in [-0.3, -0.25) is 24.4 Å². The van der Waals surface area contributed by atoms with Gasteiger partial charge >= 0.3 is 0 Å². The third kappa shape index (κ3) is 2.77. The Morgan fingerprint density at radius 1 is 0.972 bits per heavy atom. The Balaban J connectivity index is 1.55. The summed E-state index contributed by atoms with van der Waals surface area (Å²) in [6, 6.07) is 12.4. The molecule has 36 heavy (non-hydrogen) atoms. The van der Waals surface area contributed by atoms with Crippen LogP contribution in [0.25, 0.3) is 0 Å². The number of hydroxylamine groups is 2. The van der Waals surface area contributed by atoms with E-state index in [0.717, 1.165) is 11.0 Å². The molecule has 4 aliphatic rings. The first-order chi connectivity index (χ1) is 17.2. The zero-order valence-corrected chi connectivity index (χ0v) is 19.3. The van der Waals surface area contributed by atoms with Gasteiger partial charge in [0.05, 0.1) is 28.9 Å². The number of anilines is 1. The number of hydrogen-bond acceptors (Lipinski definition) is 6. The second kappa shape index (κ2) is 7.57. The van der Waals surface area contributed by atoms with E-state index in [1.54, 1.807) is 43.3 Å². The number of halogens is 1. The highest BCUT2D eigenvalue weighted by atomic mass is 19.1. The molecule has 0 aromatic heterocycles. The molecule has 0 spiro atoms. The minimum atomic E-state index is -1.30. The van der Waals surface area contributed by atoms with Crippen LogP contribution in [-0.4, -0.2) is 39.0 Å². The maximum absolute atomic E-state index is 14.6. The van der Waals surface area contributed by atoms with Crippen LogP contribution in [0.4, 0.5) is 10.1 Å². The lowest BCUT2D eigenvalue weighted by molar-refractivity contribution is -0.173. The zero-order valence-electron chi connectivity index (χ0n) is 19.3. The number of rotatable bonds is 2. The molecule has 2 aliphatic carbocycles. The van der Waals surface area contributed by atoms with Crippen molar-refractivity contribution in [2.24, 2.45) is 29.1 Å². The average molecular weight is 490 g/mol. The smallest absolute Gasteiger partial charge is 0.257 e. The van der Waals surface area contributed by atoms with Crippen LogP contribution in [0.5, 0.6) is 5.75 Å². The van der Waals surface area contributed by atoms with Crippen molar-refractivity contribution in [3.63, 3.8) is 0 Å². The molecule has 6 unspecified atom stereocenters. The fourth-order valence-electron chi connectivity index (χ4n) is 6.90. The lowest BCUT2D eigenvalue weighted by Gasteiger charge is -2.49. The van der Waals surface area contributed by atoms with Crippen molar-refractivity contribution in [2.75, 3.05) is 4.90 Å². The Labute approximate surface area is 205 Å². The van der Waals surface area contributed by atoms with Crippen LogP contribution in [-0.2, 0) is 19.2 Å². The number of aromatic hydroxyl groups is 1. The third-order valence-electron chi connectivity index (χ3n) is 8.57. The molecule has 9 heteroatoms. The molecule has 2 aromatic rings. The molecule has 3 fully saturated rings. The first-order valence-electron chi connectivity index (χ1n) is 11.8. The number of allylic oxidation sites excluding steroid dienone is 2. The summed E-state index contributed by atoms with van der Waals surface area (Å²) in [5.74, 6) is -7.51. The van der Waals surface area contributed by atoms with Crippen molar-refractivity contribution in [2.45, 2.75) is 25.7 Å². The number of benzene rings is 2. The molecule has 6 rings (SSSR count). The van der Waals surface area contributed by atoms with E-state index in [-0.39, 0.29) is 17.9 Å². The number of carbonyl (C=O) groups excluding carboxylic acids is 4. The van der Waals surface area contributed by atoms with E-state index in [9.17, 15) is 33.9 Å². The van der Waals surface area contributed by atoms with Crippen LogP contribution >= 0.6 is 0 Å². The zero-order chi connectivity index (χ0) is 25.5. The Hall–Kier alpha value is -3.85. The third-order valence-corrected chi connectivity index (χ3v) is 8.57. The Bertz CT molecular complexity index is 1370. The van der Waals surface area contributed by atoms with Gasteiger partial charge in [0.1, 0.15) is 0 Å². The summed E-state index contributed by atoms with van der Waals surface area (Å²) in [7, 11) is 0. The largest absolute Gasteiger partial charge is 0.505 e. The number of hydrogen-bond donors (Lipinski definition) is 2. The number of carbonyl (C=O) groups is 4. The van der Waals surface area contributed by atoms with Gasteiger partial charge in [-0.1, -0.05) is 35.9 Å². The fourth-order valence-corrected chi connectivity index (χ4v) is 6.90. The SMILES string of the molecule is CC12C(=O)N(c3ccccc3)C(=O)C1CC1C(=CCC3C(=O)N(O)C(=O)C31)C2c1ccc(O)c(F)c1. The standard InChI is InChI=1S/C27H23FN2O6/c1-27-18(24(33)29(26(27)35)14-5-3-2-4-6-14)12-17-15(22(27)13-7-10-20(31)19(28)11-13)8-9-16-21(17)25(34)30(36)23(16)32/h2-8,10-11,16-18,21-22,31,36H,9,12H2,1H3. The number of phenols is 1. The van der Waals surface area contributed by atoms with E-state index in [1.807, 2.05) is 0 Å². The lowest BCUT2D eigenvalue weighted by Crippen LogP contribution is -2.48. The first-order valence-corrected chi connectivity index (χ1v) is 11.8.